The molecule has 0 aromatic carbocycles. The van der Waals surface area contributed by atoms with Crippen LogP contribution >= 0.6 is 0 Å². The Balaban J connectivity index is 2.36. The lowest BCUT2D eigenvalue weighted by Gasteiger charge is -2.36. The Morgan fingerprint density at radius 2 is 1.84 bits per heavy atom. The largest absolute Gasteiger partial charge is 0.412 e. The minimum absolute atomic E-state index is 0.0262. The summed E-state index contributed by atoms with van der Waals surface area (Å²) in [6.07, 6.45) is 2.72. The molecule has 0 atom stereocenters. The van der Waals surface area contributed by atoms with Crippen LogP contribution in [0.25, 0.3) is 11.4 Å². The van der Waals surface area contributed by atoms with Gasteiger partial charge in [0, 0.05) is 18.0 Å². The molecule has 0 aliphatic rings. The maximum Gasteiger partial charge on any atom is 0.372 e. The van der Waals surface area contributed by atoms with Crippen LogP contribution < -0.4 is 0 Å². The highest BCUT2D eigenvalue weighted by atomic mass is 28.4. The monoisotopic (exact) mass is 371 g/mol. The van der Waals surface area contributed by atoms with Gasteiger partial charge in [-0.1, -0.05) is 26.8 Å². The van der Waals surface area contributed by atoms with Crippen molar-refractivity contribution in [2.75, 3.05) is 6.67 Å². The molecule has 0 N–H and O–H groups in total. The normalized spacial score (nSPS) is 13.3. The van der Waals surface area contributed by atoms with E-state index in [0.29, 0.717) is 15.9 Å². The second kappa shape index (κ2) is 6.91. The summed E-state index contributed by atoms with van der Waals surface area (Å²) in [5.74, 6) is 0. The van der Waals surface area contributed by atoms with E-state index in [-0.39, 0.29) is 17.3 Å². The van der Waals surface area contributed by atoms with E-state index in [0.717, 1.165) is 0 Å². The zero-order valence-electron chi connectivity index (χ0n) is 15.2. The zero-order valence-corrected chi connectivity index (χ0v) is 16.2. The maximum atomic E-state index is 13.8. The van der Waals surface area contributed by atoms with Crippen LogP contribution in [-0.2, 0) is 17.1 Å². The molecule has 0 saturated heterocycles. The molecule has 0 fully saturated rings. The highest BCUT2D eigenvalue weighted by Gasteiger charge is 2.38. The van der Waals surface area contributed by atoms with Crippen molar-refractivity contribution in [3.8, 4) is 11.4 Å². The highest BCUT2D eigenvalue weighted by molar-refractivity contribution is 6.74. The van der Waals surface area contributed by atoms with Gasteiger partial charge in [0.25, 0.3) is 0 Å². The fraction of sp³-hybridized carbons (Fsp3) is 0.529. The molecular formula is C17H24F3N3OSi. The van der Waals surface area contributed by atoms with Crippen LogP contribution in [0.15, 0.2) is 30.6 Å². The van der Waals surface area contributed by atoms with Crippen molar-refractivity contribution >= 4 is 8.32 Å². The van der Waals surface area contributed by atoms with Gasteiger partial charge in [-0.15, -0.1) is 0 Å². The first kappa shape index (κ1) is 19.6. The molecule has 0 aliphatic heterocycles. The smallest absolute Gasteiger partial charge is 0.372 e. The number of aromatic nitrogens is 3. The Morgan fingerprint density at radius 1 is 1.16 bits per heavy atom. The number of pyridine rings is 1. The Labute approximate surface area is 147 Å². The summed E-state index contributed by atoms with van der Waals surface area (Å²) in [6, 6.07) is 1.19. The summed E-state index contributed by atoms with van der Waals surface area (Å²) >= 11 is 0. The second-order valence-electron chi connectivity index (χ2n) is 7.49. The number of halogens is 3. The number of nitrogens with zero attached hydrogens (tertiary/aromatic N) is 3. The van der Waals surface area contributed by atoms with E-state index in [4.69, 9.17) is 4.43 Å². The van der Waals surface area contributed by atoms with Gasteiger partial charge < -0.3 is 4.43 Å². The van der Waals surface area contributed by atoms with E-state index in [9.17, 15) is 13.2 Å². The minimum Gasteiger partial charge on any atom is -0.412 e. The van der Waals surface area contributed by atoms with E-state index >= 15 is 0 Å². The summed E-state index contributed by atoms with van der Waals surface area (Å²) in [5.41, 5.74) is 1.06. The van der Waals surface area contributed by atoms with Gasteiger partial charge in [-0.2, -0.15) is 18.6 Å². The third kappa shape index (κ3) is 4.12. The molecule has 4 nitrogen and oxygen atoms in total. The second-order valence-corrected chi connectivity index (χ2v) is 12.3. The van der Waals surface area contributed by atoms with Crippen LogP contribution in [0, 0.1) is 0 Å². The van der Waals surface area contributed by atoms with Crippen LogP contribution in [0.2, 0.25) is 18.1 Å². The summed E-state index contributed by atoms with van der Waals surface area (Å²) in [5, 5.41) is 3.61. The van der Waals surface area contributed by atoms with Gasteiger partial charge in [-0.3, -0.25) is 4.98 Å². The quantitative estimate of drug-likeness (QED) is 0.672. The Bertz CT molecular complexity index is 726. The fourth-order valence-corrected chi connectivity index (χ4v) is 3.01. The summed E-state index contributed by atoms with van der Waals surface area (Å²) in [4.78, 5) is 4.21. The van der Waals surface area contributed by atoms with Crippen molar-refractivity contribution in [3.63, 3.8) is 0 Å². The zero-order chi connectivity index (χ0) is 18.9. The average Bonchev–Trinajstić information content (AvgIpc) is 3.02. The predicted octanol–water partition coefficient (Wildman–Crippen LogP) is 4.99. The number of rotatable bonds is 6. The van der Waals surface area contributed by atoms with Crippen molar-refractivity contribution in [1.82, 2.24) is 14.8 Å². The molecule has 0 saturated carbocycles. The average molecular weight is 371 g/mol. The molecule has 8 heteroatoms. The van der Waals surface area contributed by atoms with Crippen molar-refractivity contribution < 1.29 is 17.6 Å². The summed E-state index contributed by atoms with van der Waals surface area (Å²) < 4.78 is 46.9. The third-order valence-electron chi connectivity index (χ3n) is 4.64. The van der Waals surface area contributed by atoms with Gasteiger partial charge in [-0.25, -0.2) is 4.39 Å². The number of alkyl halides is 3. The van der Waals surface area contributed by atoms with E-state index in [1.54, 1.807) is 12.1 Å². The standard InChI is InChI=1S/C17H24F3N3OSi/c1-16(2,3)25(4,5)24-11-13-7-6-9-21-15(13)14-8-10-22-23(14)17(19,20)12-18/h6-10H,11-12H2,1-5H3. The van der Waals surface area contributed by atoms with E-state index in [1.807, 2.05) is 0 Å². The van der Waals surface area contributed by atoms with Gasteiger partial charge in [-0.05, 0) is 30.3 Å². The van der Waals surface area contributed by atoms with E-state index < -0.39 is 21.0 Å². The molecule has 2 heterocycles. The molecule has 0 bridgehead atoms. The summed E-state index contributed by atoms with van der Waals surface area (Å²) in [6.45, 7) is 9.03. The van der Waals surface area contributed by atoms with Gasteiger partial charge >= 0.3 is 6.05 Å². The van der Waals surface area contributed by atoms with Crippen LogP contribution in [0.1, 0.15) is 26.3 Å². The molecule has 2 aromatic rings. The molecule has 0 amide bonds. The number of hydrogen-bond donors (Lipinski definition) is 0. The van der Waals surface area contributed by atoms with Gasteiger partial charge in [0.2, 0.25) is 0 Å². The lowest BCUT2D eigenvalue weighted by Crippen LogP contribution is -2.40. The number of hydrogen-bond acceptors (Lipinski definition) is 3. The fourth-order valence-electron chi connectivity index (χ4n) is 2.06. The van der Waals surface area contributed by atoms with E-state index in [2.05, 4.69) is 43.9 Å². The first-order valence-corrected chi connectivity index (χ1v) is 11.0. The van der Waals surface area contributed by atoms with Gasteiger partial charge in [0.05, 0.1) is 18.0 Å². The molecule has 138 valence electrons. The minimum atomic E-state index is -3.71. The highest BCUT2D eigenvalue weighted by Crippen LogP contribution is 2.37. The summed E-state index contributed by atoms with van der Waals surface area (Å²) in [7, 11) is -2.01. The topological polar surface area (TPSA) is 39.9 Å². The lowest BCUT2D eigenvalue weighted by atomic mass is 10.1. The SMILES string of the molecule is CC(C)(C)[Si](C)(C)OCc1cccnc1-c1ccnn1C(F)(F)CF. The van der Waals surface area contributed by atoms with Crippen LogP contribution in [0.5, 0.6) is 0 Å². The Kier molecular flexibility index (Phi) is 5.43. The first-order chi connectivity index (χ1) is 11.5. The first-order valence-electron chi connectivity index (χ1n) is 8.06. The molecule has 2 rings (SSSR count). The third-order valence-corrected chi connectivity index (χ3v) is 9.12. The van der Waals surface area contributed by atoms with Crippen LogP contribution in [0.4, 0.5) is 13.2 Å². The molecule has 0 radical (unpaired) electrons. The lowest BCUT2D eigenvalue weighted by molar-refractivity contribution is -0.108. The molecule has 0 aliphatic carbocycles. The van der Waals surface area contributed by atoms with Crippen molar-refractivity contribution in [3.05, 3.63) is 36.2 Å². The molecular weight excluding hydrogens is 347 g/mol. The Morgan fingerprint density at radius 3 is 2.44 bits per heavy atom. The molecule has 0 unspecified atom stereocenters. The molecule has 2 aromatic heterocycles. The molecule has 0 spiro atoms. The van der Waals surface area contributed by atoms with Crippen LogP contribution in [0.3, 0.4) is 0 Å². The maximum absolute atomic E-state index is 13.8. The van der Waals surface area contributed by atoms with Gasteiger partial charge in [0.15, 0.2) is 15.0 Å². The van der Waals surface area contributed by atoms with Crippen LogP contribution in [-0.4, -0.2) is 29.8 Å². The van der Waals surface area contributed by atoms with Crippen molar-refractivity contribution in [1.29, 1.82) is 0 Å². The van der Waals surface area contributed by atoms with Crippen molar-refractivity contribution in [2.24, 2.45) is 0 Å². The van der Waals surface area contributed by atoms with E-state index in [1.165, 1.54) is 18.5 Å². The Hall–Kier alpha value is -1.67. The van der Waals surface area contributed by atoms with Gasteiger partial charge in [0.1, 0.15) is 0 Å². The predicted molar refractivity (Wildman–Crippen MR) is 93.6 cm³/mol. The molecule has 25 heavy (non-hydrogen) atoms. The van der Waals surface area contributed by atoms with Crippen molar-refractivity contribution in [2.45, 2.75) is 51.6 Å².